The van der Waals surface area contributed by atoms with E-state index < -0.39 is 0 Å². The van der Waals surface area contributed by atoms with Crippen LogP contribution in [0.3, 0.4) is 0 Å². The Morgan fingerprint density at radius 3 is 2.62 bits per heavy atom. The van der Waals surface area contributed by atoms with Crippen LogP contribution in [0.4, 0.5) is 0 Å². The lowest BCUT2D eigenvalue weighted by molar-refractivity contribution is -0.134. The lowest BCUT2D eigenvalue weighted by Crippen LogP contribution is -2.52. The summed E-state index contributed by atoms with van der Waals surface area (Å²) in [6.45, 7) is 1.63. The van der Waals surface area contributed by atoms with Crippen molar-refractivity contribution in [3.05, 3.63) is 60.4 Å². The molecule has 2 amide bonds. The highest BCUT2D eigenvalue weighted by atomic mass is 35.5. The van der Waals surface area contributed by atoms with Crippen LogP contribution in [0, 0.1) is 0 Å². The maximum atomic E-state index is 12.8. The van der Waals surface area contributed by atoms with Crippen molar-refractivity contribution in [2.75, 3.05) is 24.7 Å². The van der Waals surface area contributed by atoms with Gasteiger partial charge in [-0.05, 0) is 37.1 Å². The van der Waals surface area contributed by atoms with Crippen LogP contribution in [0.1, 0.15) is 18.6 Å². The maximum Gasteiger partial charge on any atom is 0.237 e. The van der Waals surface area contributed by atoms with Gasteiger partial charge in [0.2, 0.25) is 11.8 Å². The number of carbonyl (C=O) groups is 2. The van der Waals surface area contributed by atoms with Crippen molar-refractivity contribution in [1.82, 2.24) is 9.80 Å². The molecule has 2 aromatic heterocycles. The van der Waals surface area contributed by atoms with Crippen molar-refractivity contribution in [3.8, 4) is 11.3 Å². The van der Waals surface area contributed by atoms with Crippen LogP contribution in [0.2, 0.25) is 0 Å². The Bertz CT molecular complexity index is 1400. The van der Waals surface area contributed by atoms with E-state index >= 15 is 0 Å². The van der Waals surface area contributed by atoms with Gasteiger partial charge in [-0.15, -0.1) is 23.4 Å². The second kappa shape index (κ2) is 8.40. The third-order valence-corrected chi connectivity index (χ3v) is 8.70. The minimum absolute atomic E-state index is 0.00402. The molecule has 6 nitrogen and oxygen atoms in total. The highest BCUT2D eigenvalue weighted by Crippen LogP contribution is 2.45. The molecule has 0 atom stereocenters. The summed E-state index contributed by atoms with van der Waals surface area (Å²) in [5.41, 5.74) is 2.53. The number of hydrogen-bond donors (Lipinski definition) is 0. The first kappa shape index (κ1) is 21.6. The normalized spacial score (nSPS) is 18.0. The van der Waals surface area contributed by atoms with E-state index in [-0.39, 0.29) is 22.6 Å². The summed E-state index contributed by atoms with van der Waals surface area (Å²) < 4.78 is 12.4. The van der Waals surface area contributed by atoms with E-state index in [1.54, 1.807) is 16.7 Å². The number of likely N-dealkylation sites (tertiary alicyclic amines) is 1. The standard InChI is InChI=1S/C26H23ClN2O4S/c27-14-23(30)28-12-10-26(11-13-28)29(24(31)16-34-26)15-17-8-9-22(32-17)20-6-3-5-19-18-4-1-2-7-21(18)33-25(19)20/h1-9H,10-16H2. The molecule has 2 aliphatic heterocycles. The van der Waals surface area contributed by atoms with Gasteiger partial charge in [0.05, 0.1) is 22.7 Å². The van der Waals surface area contributed by atoms with E-state index in [4.69, 9.17) is 20.4 Å². The molecule has 6 rings (SSSR count). The molecular weight excluding hydrogens is 472 g/mol. The molecule has 2 aliphatic rings. The molecule has 0 saturated carbocycles. The number of piperidine rings is 1. The third-order valence-electron chi connectivity index (χ3n) is 6.91. The fourth-order valence-corrected chi connectivity index (χ4v) is 6.63. The van der Waals surface area contributed by atoms with Gasteiger partial charge in [0.25, 0.3) is 0 Å². The molecule has 2 aromatic carbocycles. The summed E-state index contributed by atoms with van der Waals surface area (Å²) in [5, 5.41) is 2.13. The van der Waals surface area contributed by atoms with E-state index in [1.807, 2.05) is 47.4 Å². The van der Waals surface area contributed by atoms with E-state index in [0.29, 0.717) is 25.4 Å². The zero-order chi connectivity index (χ0) is 23.3. The van der Waals surface area contributed by atoms with Gasteiger partial charge in [0.1, 0.15) is 28.6 Å². The molecule has 0 N–H and O–H groups in total. The molecule has 0 unspecified atom stereocenters. The molecule has 0 aliphatic carbocycles. The van der Waals surface area contributed by atoms with Gasteiger partial charge in [0, 0.05) is 23.9 Å². The summed E-state index contributed by atoms with van der Waals surface area (Å²) in [6, 6.07) is 17.9. The Morgan fingerprint density at radius 2 is 1.79 bits per heavy atom. The minimum Gasteiger partial charge on any atom is -0.459 e. The zero-order valence-electron chi connectivity index (χ0n) is 18.5. The number of fused-ring (bicyclic) bond motifs is 3. The average molecular weight is 495 g/mol. The van der Waals surface area contributed by atoms with Crippen molar-refractivity contribution in [2.24, 2.45) is 0 Å². The number of furan rings is 2. The van der Waals surface area contributed by atoms with Crippen molar-refractivity contribution in [3.63, 3.8) is 0 Å². The minimum atomic E-state index is -0.300. The Hall–Kier alpha value is -2.90. The first-order valence-corrected chi connectivity index (χ1v) is 12.9. The molecule has 34 heavy (non-hydrogen) atoms. The lowest BCUT2D eigenvalue weighted by Gasteiger charge is -2.43. The smallest absolute Gasteiger partial charge is 0.237 e. The zero-order valence-corrected chi connectivity index (χ0v) is 20.0. The number of rotatable bonds is 4. The van der Waals surface area contributed by atoms with Crippen molar-refractivity contribution in [1.29, 1.82) is 0 Å². The Kier molecular flexibility index (Phi) is 5.34. The van der Waals surface area contributed by atoms with Gasteiger partial charge in [-0.2, -0.15) is 0 Å². The van der Waals surface area contributed by atoms with E-state index in [9.17, 15) is 9.59 Å². The molecule has 0 bridgehead atoms. The molecule has 2 saturated heterocycles. The molecule has 0 radical (unpaired) electrons. The topological polar surface area (TPSA) is 66.9 Å². The first-order valence-electron chi connectivity index (χ1n) is 11.4. The molecular formula is C26H23ClN2O4S. The molecule has 4 aromatic rings. The molecule has 2 fully saturated rings. The van der Waals surface area contributed by atoms with Crippen LogP contribution < -0.4 is 0 Å². The van der Waals surface area contributed by atoms with Gasteiger partial charge in [-0.3, -0.25) is 9.59 Å². The summed E-state index contributed by atoms with van der Waals surface area (Å²) in [6.07, 6.45) is 1.47. The lowest BCUT2D eigenvalue weighted by atomic mass is 10.0. The van der Waals surface area contributed by atoms with Crippen LogP contribution in [-0.2, 0) is 16.1 Å². The largest absolute Gasteiger partial charge is 0.459 e. The molecule has 8 heteroatoms. The Balaban J connectivity index is 1.27. The van der Waals surface area contributed by atoms with Crippen LogP contribution in [-0.4, -0.2) is 51.2 Å². The summed E-state index contributed by atoms with van der Waals surface area (Å²) >= 11 is 7.41. The number of nitrogens with zero attached hydrogens (tertiary/aromatic N) is 2. The predicted octanol–water partition coefficient (Wildman–Crippen LogP) is 5.48. The number of alkyl halides is 1. The van der Waals surface area contributed by atoms with Gasteiger partial charge < -0.3 is 18.6 Å². The predicted molar refractivity (Wildman–Crippen MR) is 134 cm³/mol. The van der Waals surface area contributed by atoms with E-state index in [1.165, 1.54) is 0 Å². The fourth-order valence-electron chi connectivity index (χ4n) is 5.12. The van der Waals surface area contributed by atoms with E-state index in [2.05, 4.69) is 12.1 Å². The van der Waals surface area contributed by atoms with Crippen molar-refractivity contribution in [2.45, 2.75) is 24.3 Å². The summed E-state index contributed by atoms with van der Waals surface area (Å²) in [4.78, 5) is 28.2. The van der Waals surface area contributed by atoms with Gasteiger partial charge in [-0.25, -0.2) is 0 Å². The summed E-state index contributed by atoms with van der Waals surface area (Å²) in [7, 11) is 0. The highest BCUT2D eigenvalue weighted by molar-refractivity contribution is 8.01. The van der Waals surface area contributed by atoms with Crippen LogP contribution in [0.25, 0.3) is 33.3 Å². The van der Waals surface area contributed by atoms with Crippen molar-refractivity contribution < 1.29 is 18.4 Å². The van der Waals surface area contributed by atoms with Crippen molar-refractivity contribution >= 4 is 57.1 Å². The van der Waals surface area contributed by atoms with Gasteiger partial charge in [-0.1, -0.05) is 30.3 Å². The Labute approximate surface area is 205 Å². The molecule has 174 valence electrons. The molecule has 4 heterocycles. The molecule has 1 spiro atoms. The number of benzene rings is 2. The number of hydrogen-bond acceptors (Lipinski definition) is 5. The van der Waals surface area contributed by atoms with E-state index in [0.717, 1.165) is 51.9 Å². The third kappa shape index (κ3) is 3.49. The summed E-state index contributed by atoms with van der Waals surface area (Å²) in [5.74, 6) is 1.96. The number of para-hydroxylation sites is 2. The SMILES string of the molecule is O=C(CCl)N1CCC2(CC1)SCC(=O)N2Cc1ccc(-c2cccc3c2oc2ccccc23)o1. The number of carbonyl (C=O) groups excluding carboxylic acids is 2. The van der Waals surface area contributed by atoms with Crippen LogP contribution >= 0.6 is 23.4 Å². The quantitative estimate of drug-likeness (QED) is 0.351. The maximum absolute atomic E-state index is 12.8. The van der Waals surface area contributed by atoms with Crippen LogP contribution in [0.15, 0.2) is 63.4 Å². The number of halogens is 1. The van der Waals surface area contributed by atoms with Crippen LogP contribution in [0.5, 0.6) is 0 Å². The fraction of sp³-hybridized carbons (Fsp3) is 0.308. The highest BCUT2D eigenvalue weighted by Gasteiger charge is 2.48. The number of amides is 2. The second-order valence-electron chi connectivity index (χ2n) is 8.78. The Morgan fingerprint density at radius 1 is 1.00 bits per heavy atom. The van der Waals surface area contributed by atoms with Gasteiger partial charge in [0.15, 0.2) is 0 Å². The second-order valence-corrected chi connectivity index (χ2v) is 10.4. The first-order chi connectivity index (χ1) is 16.6. The average Bonchev–Trinajstić information content (AvgIpc) is 3.57. The van der Waals surface area contributed by atoms with Gasteiger partial charge >= 0.3 is 0 Å². The number of thioether (sulfide) groups is 1. The monoisotopic (exact) mass is 494 g/mol.